The molecule has 0 radical (unpaired) electrons. The van der Waals surface area contributed by atoms with Crippen molar-refractivity contribution in [3.63, 3.8) is 0 Å². The van der Waals surface area contributed by atoms with Gasteiger partial charge in [-0.3, -0.25) is 18.7 Å². The van der Waals surface area contributed by atoms with Crippen molar-refractivity contribution in [1.82, 2.24) is 38.3 Å². The molecule has 8 rings (SSSR count). The Kier molecular flexibility index (Phi) is 9.81. The van der Waals surface area contributed by atoms with Gasteiger partial charge in [0.2, 0.25) is 23.5 Å². The SMILES string of the molecule is CN(C)c1nnc2n(C/C=C/c3ccccc3)c(=O)c3cc(Br)ccc3n12.Cc1ccc2c(c1)c(=O)n(Cc1ccc(C#N)cc1)c1nnc(N(C)C)n21. The summed E-state index contributed by atoms with van der Waals surface area (Å²) in [5, 5.41) is 27.3. The van der Waals surface area contributed by atoms with Crippen LogP contribution in [0, 0.1) is 18.3 Å². The highest BCUT2D eigenvalue weighted by atomic mass is 79.9. The Morgan fingerprint density at radius 1 is 0.722 bits per heavy atom. The van der Waals surface area contributed by atoms with Crippen LogP contribution >= 0.6 is 15.9 Å². The molecule has 13 nitrogen and oxygen atoms in total. The minimum absolute atomic E-state index is 0.0887. The van der Waals surface area contributed by atoms with E-state index < -0.39 is 0 Å². The Labute approximate surface area is 318 Å². The van der Waals surface area contributed by atoms with Gasteiger partial charge >= 0.3 is 0 Å². The molecule has 0 aliphatic rings. The molecule has 0 saturated carbocycles. The van der Waals surface area contributed by atoms with E-state index in [2.05, 4.69) is 42.4 Å². The fourth-order valence-electron chi connectivity index (χ4n) is 6.29. The second kappa shape index (κ2) is 14.8. The molecule has 0 unspecified atom stereocenters. The molecule has 0 N–H and O–H groups in total. The minimum atomic E-state index is -0.108. The number of hydrogen-bond donors (Lipinski definition) is 0. The molecule has 0 aliphatic carbocycles. The Morgan fingerprint density at radius 3 is 1.91 bits per heavy atom. The Balaban J connectivity index is 0.000000167. The number of hydrogen-bond acceptors (Lipinski definition) is 9. The fourth-order valence-corrected chi connectivity index (χ4v) is 6.65. The first kappa shape index (κ1) is 35.8. The van der Waals surface area contributed by atoms with E-state index in [0.29, 0.717) is 52.9 Å². The van der Waals surface area contributed by atoms with Crippen molar-refractivity contribution in [2.45, 2.75) is 20.0 Å². The van der Waals surface area contributed by atoms with Gasteiger partial charge in [0, 0.05) is 39.2 Å². The number of fused-ring (bicyclic) bond motifs is 6. The summed E-state index contributed by atoms with van der Waals surface area (Å²) in [6, 6.07) is 30.8. The van der Waals surface area contributed by atoms with E-state index in [9.17, 15) is 9.59 Å². The summed E-state index contributed by atoms with van der Waals surface area (Å²) in [7, 11) is 7.61. The zero-order valence-electron chi connectivity index (χ0n) is 30.3. The van der Waals surface area contributed by atoms with Crippen molar-refractivity contribution in [1.29, 1.82) is 5.26 Å². The minimum Gasteiger partial charge on any atom is -0.347 e. The number of allylic oxidation sites excluding steroid dienone is 1. The zero-order chi connectivity index (χ0) is 38.1. The first-order valence-corrected chi connectivity index (χ1v) is 17.9. The van der Waals surface area contributed by atoms with Crippen molar-refractivity contribution in [2.24, 2.45) is 0 Å². The van der Waals surface area contributed by atoms with Crippen molar-refractivity contribution < 1.29 is 0 Å². The van der Waals surface area contributed by atoms with Crippen LogP contribution in [0.15, 0.2) is 111 Å². The number of benzene rings is 4. The van der Waals surface area contributed by atoms with Crippen molar-refractivity contribution in [3.05, 3.63) is 145 Å². The highest BCUT2D eigenvalue weighted by molar-refractivity contribution is 9.10. The molecule has 4 aromatic carbocycles. The quantitative estimate of drug-likeness (QED) is 0.193. The van der Waals surface area contributed by atoms with E-state index in [-0.39, 0.29) is 11.1 Å². The van der Waals surface area contributed by atoms with E-state index in [4.69, 9.17) is 5.26 Å². The molecule has 0 amide bonds. The first-order chi connectivity index (χ1) is 26.0. The molecular formula is C40H36BrN11O2. The molecule has 0 saturated heterocycles. The molecule has 0 fully saturated rings. The first-order valence-electron chi connectivity index (χ1n) is 17.1. The Bertz CT molecular complexity index is 2860. The summed E-state index contributed by atoms with van der Waals surface area (Å²) in [6.45, 7) is 2.72. The second-order valence-corrected chi connectivity index (χ2v) is 14.1. The normalized spacial score (nSPS) is 11.4. The molecule has 4 heterocycles. The molecule has 0 atom stereocenters. The number of anilines is 2. The zero-order valence-corrected chi connectivity index (χ0v) is 31.9. The highest BCUT2D eigenvalue weighted by Crippen LogP contribution is 2.23. The number of halogens is 1. The second-order valence-electron chi connectivity index (χ2n) is 13.2. The lowest BCUT2D eigenvalue weighted by Crippen LogP contribution is -2.24. The van der Waals surface area contributed by atoms with Gasteiger partial charge in [-0.2, -0.15) is 5.26 Å². The molecule has 4 aromatic heterocycles. The molecular weight excluding hydrogens is 746 g/mol. The molecule has 270 valence electrons. The molecule has 0 aliphatic heterocycles. The third kappa shape index (κ3) is 6.72. The predicted molar refractivity (Wildman–Crippen MR) is 216 cm³/mol. The van der Waals surface area contributed by atoms with Gasteiger partial charge in [-0.25, -0.2) is 8.80 Å². The van der Waals surface area contributed by atoms with Gasteiger partial charge in [-0.05, 0) is 60.5 Å². The van der Waals surface area contributed by atoms with E-state index in [1.165, 1.54) is 0 Å². The van der Waals surface area contributed by atoms with E-state index in [1.54, 1.807) is 21.3 Å². The monoisotopic (exact) mass is 781 g/mol. The van der Waals surface area contributed by atoms with Gasteiger partial charge in [-0.15, -0.1) is 20.4 Å². The third-order valence-electron chi connectivity index (χ3n) is 8.91. The summed E-state index contributed by atoms with van der Waals surface area (Å²) < 4.78 is 7.95. The number of nitriles is 1. The third-order valence-corrected chi connectivity index (χ3v) is 9.40. The number of aryl methyl sites for hydroxylation is 1. The van der Waals surface area contributed by atoms with Crippen molar-refractivity contribution in [3.8, 4) is 6.07 Å². The highest BCUT2D eigenvalue weighted by Gasteiger charge is 2.19. The van der Waals surface area contributed by atoms with Crippen LogP contribution in [0.4, 0.5) is 11.9 Å². The van der Waals surface area contributed by atoms with Crippen molar-refractivity contribution >= 4 is 67.3 Å². The number of aromatic nitrogens is 8. The lowest BCUT2D eigenvalue weighted by atomic mass is 10.1. The lowest BCUT2D eigenvalue weighted by Gasteiger charge is -2.14. The van der Waals surface area contributed by atoms with Crippen LogP contribution in [0.25, 0.3) is 39.4 Å². The fraction of sp³-hybridized carbons (Fsp3) is 0.175. The van der Waals surface area contributed by atoms with E-state index in [0.717, 1.165) is 32.2 Å². The van der Waals surface area contributed by atoms with E-state index >= 15 is 0 Å². The van der Waals surface area contributed by atoms with Gasteiger partial charge in [0.1, 0.15) is 0 Å². The van der Waals surface area contributed by atoms with Crippen LogP contribution in [0.1, 0.15) is 22.3 Å². The van der Waals surface area contributed by atoms with Crippen LogP contribution in [0.2, 0.25) is 0 Å². The maximum absolute atomic E-state index is 13.2. The van der Waals surface area contributed by atoms with Crippen LogP contribution < -0.4 is 20.9 Å². The Morgan fingerprint density at radius 2 is 1.30 bits per heavy atom. The van der Waals surface area contributed by atoms with E-state index in [1.807, 2.05) is 145 Å². The summed E-state index contributed by atoms with van der Waals surface area (Å²) in [6.07, 6.45) is 3.96. The summed E-state index contributed by atoms with van der Waals surface area (Å²) in [4.78, 5) is 30.1. The number of rotatable bonds is 7. The maximum Gasteiger partial charge on any atom is 0.263 e. The van der Waals surface area contributed by atoms with Crippen LogP contribution in [-0.4, -0.2) is 66.5 Å². The standard InChI is InChI=1S/C20H18BrN5O.C20H18N6O/c1-24(2)19-22-23-20-25(12-6-9-14-7-4-3-5-8-14)18(27)16-13-15(21)10-11-17(16)26(19)20;1-13-4-9-17-16(10-13)18(27)25(12-15-7-5-14(11-21)6-8-15)20-23-22-19(24(2)3)26(17)20/h3-11,13H,12H2,1-2H3;4-10H,12H2,1-3H3/b9-6+;. The van der Waals surface area contributed by atoms with Gasteiger partial charge in [0.15, 0.2) is 0 Å². The smallest absolute Gasteiger partial charge is 0.263 e. The topological polar surface area (TPSA) is 135 Å². The summed E-state index contributed by atoms with van der Waals surface area (Å²) in [5.74, 6) is 2.35. The average Bonchev–Trinajstić information content (AvgIpc) is 3.82. The summed E-state index contributed by atoms with van der Waals surface area (Å²) in [5.41, 5.74) is 4.98. The molecule has 0 bridgehead atoms. The maximum atomic E-state index is 13.2. The largest absolute Gasteiger partial charge is 0.347 e. The van der Waals surface area contributed by atoms with Crippen LogP contribution in [0.3, 0.4) is 0 Å². The van der Waals surface area contributed by atoms with Crippen LogP contribution in [-0.2, 0) is 13.1 Å². The van der Waals surface area contributed by atoms with Gasteiger partial charge in [-0.1, -0.05) is 82.2 Å². The summed E-state index contributed by atoms with van der Waals surface area (Å²) >= 11 is 3.46. The molecule has 8 aromatic rings. The van der Waals surface area contributed by atoms with Crippen molar-refractivity contribution in [2.75, 3.05) is 38.0 Å². The van der Waals surface area contributed by atoms with Gasteiger partial charge in [0.25, 0.3) is 11.1 Å². The van der Waals surface area contributed by atoms with Crippen LogP contribution in [0.5, 0.6) is 0 Å². The number of nitrogens with zero attached hydrogens (tertiary/aromatic N) is 11. The molecule has 0 spiro atoms. The van der Waals surface area contributed by atoms with Gasteiger partial charge < -0.3 is 9.80 Å². The molecule has 54 heavy (non-hydrogen) atoms. The molecule has 14 heteroatoms. The predicted octanol–water partition coefficient (Wildman–Crippen LogP) is 5.92. The van der Waals surface area contributed by atoms with Gasteiger partial charge in [0.05, 0.1) is 40.0 Å². The average molecular weight is 783 g/mol. The Hall–Kier alpha value is -6.59. The lowest BCUT2D eigenvalue weighted by molar-refractivity contribution is 0.766.